The normalized spacial score (nSPS) is 14.7. The lowest BCUT2D eigenvalue weighted by Gasteiger charge is -2.37. The van der Waals surface area contributed by atoms with Crippen LogP contribution < -0.4 is 10.3 Å². The Balaban J connectivity index is 1.24. The van der Waals surface area contributed by atoms with Crippen LogP contribution >= 0.6 is 11.3 Å². The largest absolute Gasteiger partial charge is 0.379 e. The molecule has 0 atom stereocenters. The van der Waals surface area contributed by atoms with Gasteiger partial charge in [0.05, 0.1) is 25.1 Å². The van der Waals surface area contributed by atoms with Crippen molar-refractivity contribution in [3.8, 4) is 11.3 Å². The molecule has 1 N–H and O–H groups in total. The van der Waals surface area contributed by atoms with Crippen molar-refractivity contribution in [3.63, 3.8) is 0 Å². The number of hydrogen-bond donors (Lipinski definition) is 1. The molecule has 0 bridgehead atoms. The summed E-state index contributed by atoms with van der Waals surface area (Å²) in [5, 5.41) is 13.3. The quantitative estimate of drug-likeness (QED) is 0.439. The van der Waals surface area contributed by atoms with Crippen molar-refractivity contribution in [2.24, 2.45) is 0 Å². The molecule has 10 heteroatoms. The summed E-state index contributed by atoms with van der Waals surface area (Å²) in [6.07, 6.45) is 6.51. The highest BCUT2D eigenvalue weighted by molar-refractivity contribution is 7.20. The van der Waals surface area contributed by atoms with Crippen LogP contribution in [-0.4, -0.2) is 69.0 Å². The number of ether oxygens (including phenoxy) is 1. The molecule has 0 spiro atoms. The van der Waals surface area contributed by atoms with E-state index in [2.05, 4.69) is 44.5 Å². The minimum Gasteiger partial charge on any atom is -0.379 e. The standard InChI is InChI=1S/C22H26N8OS/c1-2-30(28-11-13-31-14-12-28)20-7-6-17(15-25-20)19-16-29-22(26-19)32-21(27-29)24-10-8-18-5-3-4-9-23-18/h3-7,9,15-16H,2,8,10-14H2,1H3,(H,24,27). The van der Waals surface area contributed by atoms with Gasteiger partial charge in [-0.05, 0) is 31.2 Å². The molecule has 0 aromatic carbocycles. The molecule has 166 valence electrons. The molecule has 9 nitrogen and oxygen atoms in total. The second-order valence-electron chi connectivity index (χ2n) is 7.45. The highest BCUT2D eigenvalue weighted by Crippen LogP contribution is 2.25. The zero-order valence-corrected chi connectivity index (χ0v) is 18.8. The molecule has 0 aliphatic carbocycles. The molecule has 0 saturated carbocycles. The Hall–Kier alpha value is -3.08. The maximum absolute atomic E-state index is 5.47. The Morgan fingerprint density at radius 1 is 1.16 bits per heavy atom. The van der Waals surface area contributed by atoms with E-state index in [1.807, 2.05) is 41.3 Å². The molecular weight excluding hydrogens is 424 g/mol. The van der Waals surface area contributed by atoms with Gasteiger partial charge >= 0.3 is 0 Å². The van der Waals surface area contributed by atoms with E-state index < -0.39 is 0 Å². The Kier molecular flexibility index (Phi) is 6.24. The first-order chi connectivity index (χ1) is 15.8. The molecule has 4 aromatic rings. The SMILES string of the molecule is CCN(c1ccc(-c2cn3nc(NCCc4ccccn4)sc3n2)cn1)N1CCOCC1. The van der Waals surface area contributed by atoms with Crippen molar-refractivity contribution < 1.29 is 4.74 Å². The molecule has 0 amide bonds. The van der Waals surface area contributed by atoms with Crippen molar-refractivity contribution in [1.82, 2.24) is 29.6 Å². The van der Waals surface area contributed by atoms with Crippen LogP contribution in [0.4, 0.5) is 10.9 Å². The first-order valence-electron chi connectivity index (χ1n) is 10.9. The minimum absolute atomic E-state index is 0.757. The number of hydrazine groups is 1. The third kappa shape index (κ3) is 4.57. The molecule has 1 aliphatic rings. The van der Waals surface area contributed by atoms with Gasteiger partial charge in [-0.1, -0.05) is 17.4 Å². The Morgan fingerprint density at radius 2 is 2.06 bits per heavy atom. The molecule has 0 unspecified atom stereocenters. The van der Waals surface area contributed by atoms with Gasteiger partial charge in [0.2, 0.25) is 10.1 Å². The predicted octanol–water partition coefficient (Wildman–Crippen LogP) is 2.98. The summed E-state index contributed by atoms with van der Waals surface area (Å²) in [5.74, 6) is 0.941. The average molecular weight is 451 g/mol. The number of morpholine rings is 1. The maximum atomic E-state index is 5.47. The second kappa shape index (κ2) is 9.60. The summed E-state index contributed by atoms with van der Waals surface area (Å²) in [6, 6.07) is 10.1. The van der Waals surface area contributed by atoms with Gasteiger partial charge in [0.25, 0.3) is 0 Å². The fraction of sp³-hybridized carbons (Fsp3) is 0.364. The number of aromatic nitrogens is 5. The van der Waals surface area contributed by atoms with Crippen molar-refractivity contribution in [1.29, 1.82) is 0 Å². The van der Waals surface area contributed by atoms with Crippen LogP contribution in [0, 0.1) is 0 Å². The van der Waals surface area contributed by atoms with Crippen molar-refractivity contribution in [2.45, 2.75) is 13.3 Å². The third-order valence-corrected chi connectivity index (χ3v) is 6.24. The zero-order valence-electron chi connectivity index (χ0n) is 18.0. The summed E-state index contributed by atoms with van der Waals surface area (Å²) in [5.41, 5.74) is 2.92. The minimum atomic E-state index is 0.757. The summed E-state index contributed by atoms with van der Waals surface area (Å²) in [7, 11) is 0. The van der Waals surface area contributed by atoms with E-state index >= 15 is 0 Å². The number of pyridine rings is 2. The molecule has 1 saturated heterocycles. The first kappa shape index (κ1) is 20.8. The van der Waals surface area contributed by atoms with Crippen LogP contribution in [0.3, 0.4) is 0 Å². The highest BCUT2D eigenvalue weighted by atomic mass is 32.1. The molecular formula is C22H26N8OS. The Labute approximate surface area is 190 Å². The topological polar surface area (TPSA) is 83.7 Å². The van der Waals surface area contributed by atoms with Crippen molar-refractivity contribution >= 4 is 27.2 Å². The fourth-order valence-corrected chi connectivity index (χ4v) is 4.55. The second-order valence-corrected chi connectivity index (χ2v) is 8.40. The van der Waals surface area contributed by atoms with Crippen LogP contribution in [0.25, 0.3) is 16.2 Å². The van der Waals surface area contributed by atoms with Crippen molar-refractivity contribution in [2.75, 3.05) is 49.7 Å². The Morgan fingerprint density at radius 3 is 2.78 bits per heavy atom. The number of anilines is 2. The number of nitrogens with zero attached hydrogens (tertiary/aromatic N) is 7. The lowest BCUT2D eigenvalue weighted by Crippen LogP contribution is -2.49. The molecule has 32 heavy (non-hydrogen) atoms. The summed E-state index contributed by atoms with van der Waals surface area (Å²) in [6.45, 7) is 7.08. The number of fused-ring (bicyclic) bond motifs is 1. The Bertz CT molecular complexity index is 1110. The van der Waals surface area contributed by atoms with Crippen LogP contribution in [0.2, 0.25) is 0 Å². The van der Waals surface area contributed by atoms with Crippen LogP contribution in [-0.2, 0) is 11.2 Å². The number of rotatable bonds is 8. The molecule has 5 rings (SSSR count). The number of imidazole rings is 1. The molecule has 5 heterocycles. The van der Waals surface area contributed by atoms with Gasteiger partial charge in [0.15, 0.2) is 0 Å². The van der Waals surface area contributed by atoms with Gasteiger partial charge in [-0.3, -0.25) is 9.99 Å². The van der Waals surface area contributed by atoms with Crippen LogP contribution in [0.15, 0.2) is 48.9 Å². The average Bonchev–Trinajstić information content (AvgIpc) is 3.41. The van der Waals surface area contributed by atoms with Gasteiger partial charge in [-0.15, -0.1) is 5.10 Å². The van der Waals surface area contributed by atoms with Gasteiger partial charge < -0.3 is 10.1 Å². The summed E-state index contributed by atoms with van der Waals surface area (Å²) in [4.78, 5) is 14.6. The van der Waals surface area contributed by atoms with E-state index in [1.165, 1.54) is 0 Å². The van der Waals surface area contributed by atoms with Crippen LogP contribution in [0.1, 0.15) is 12.6 Å². The van der Waals surface area contributed by atoms with Crippen LogP contribution in [0.5, 0.6) is 0 Å². The molecule has 4 aromatic heterocycles. The maximum Gasteiger partial charge on any atom is 0.214 e. The molecule has 1 fully saturated rings. The zero-order chi connectivity index (χ0) is 21.8. The lowest BCUT2D eigenvalue weighted by atomic mass is 10.2. The number of nitrogens with one attached hydrogen (secondary N) is 1. The van der Waals surface area contributed by atoms with Gasteiger partial charge in [0.1, 0.15) is 5.82 Å². The van der Waals surface area contributed by atoms with Gasteiger partial charge in [-0.2, -0.15) is 0 Å². The van der Waals surface area contributed by atoms with Gasteiger partial charge in [0, 0.05) is 56.3 Å². The van der Waals surface area contributed by atoms with Crippen molar-refractivity contribution in [3.05, 3.63) is 54.6 Å². The highest BCUT2D eigenvalue weighted by Gasteiger charge is 2.19. The predicted molar refractivity (Wildman–Crippen MR) is 126 cm³/mol. The molecule has 1 aliphatic heterocycles. The smallest absolute Gasteiger partial charge is 0.214 e. The summed E-state index contributed by atoms with van der Waals surface area (Å²) >= 11 is 1.54. The lowest BCUT2D eigenvalue weighted by molar-refractivity contribution is 0.0318. The fourth-order valence-electron chi connectivity index (χ4n) is 3.75. The van der Waals surface area contributed by atoms with E-state index in [4.69, 9.17) is 14.7 Å². The molecule has 0 radical (unpaired) electrons. The summed E-state index contributed by atoms with van der Waals surface area (Å²) < 4.78 is 7.29. The first-order valence-corrected chi connectivity index (χ1v) is 11.7. The third-order valence-electron chi connectivity index (χ3n) is 5.36. The monoisotopic (exact) mass is 450 g/mol. The van der Waals surface area contributed by atoms with Gasteiger partial charge in [-0.25, -0.2) is 19.5 Å². The van der Waals surface area contributed by atoms with E-state index in [0.717, 1.165) is 78.7 Å². The van der Waals surface area contributed by atoms with E-state index in [9.17, 15) is 0 Å². The van der Waals surface area contributed by atoms with E-state index in [0.29, 0.717) is 0 Å². The van der Waals surface area contributed by atoms with E-state index in [1.54, 1.807) is 11.3 Å². The van der Waals surface area contributed by atoms with E-state index in [-0.39, 0.29) is 0 Å². The number of hydrogen-bond acceptors (Lipinski definition) is 9.